The van der Waals surface area contributed by atoms with Crippen LogP contribution < -0.4 is 5.32 Å². The number of likely N-dealkylation sites (tertiary alicyclic amines) is 1. The molecule has 18 heavy (non-hydrogen) atoms. The fraction of sp³-hybridized carbons (Fsp3) is 1.00. The zero-order valence-corrected chi connectivity index (χ0v) is 11.9. The van der Waals surface area contributed by atoms with Gasteiger partial charge in [0.05, 0.1) is 12.1 Å². The highest BCUT2D eigenvalue weighted by molar-refractivity contribution is 5.08. The van der Waals surface area contributed by atoms with Gasteiger partial charge < -0.3 is 10.4 Å². The first-order chi connectivity index (χ1) is 8.56. The molecule has 104 valence electrons. The monoisotopic (exact) mass is 252 g/mol. The van der Waals surface area contributed by atoms with E-state index in [0.717, 1.165) is 6.54 Å². The van der Waals surface area contributed by atoms with E-state index in [1.54, 1.807) is 0 Å². The molecule has 0 radical (unpaired) electrons. The van der Waals surface area contributed by atoms with Gasteiger partial charge in [-0.25, -0.2) is 0 Å². The Labute approximate surface area is 111 Å². The van der Waals surface area contributed by atoms with Crippen LogP contribution in [0.15, 0.2) is 0 Å². The van der Waals surface area contributed by atoms with E-state index in [4.69, 9.17) is 0 Å². The summed E-state index contributed by atoms with van der Waals surface area (Å²) in [6.45, 7) is 7.25. The number of nitrogens with zero attached hydrogens (tertiary/aromatic N) is 1. The van der Waals surface area contributed by atoms with E-state index in [2.05, 4.69) is 24.1 Å². The van der Waals surface area contributed by atoms with Gasteiger partial charge in [0.15, 0.2) is 0 Å². The van der Waals surface area contributed by atoms with Crippen LogP contribution >= 0.6 is 0 Å². The smallest absolute Gasteiger partial charge is 0.0628 e. The molecule has 1 aliphatic heterocycles. The molecule has 0 spiro atoms. The maximum absolute atomic E-state index is 10.0. The lowest BCUT2D eigenvalue weighted by Crippen LogP contribution is -2.60. The fourth-order valence-electron chi connectivity index (χ4n) is 3.58. The number of hydrogen-bond acceptors (Lipinski definition) is 3. The van der Waals surface area contributed by atoms with Gasteiger partial charge in [0, 0.05) is 18.1 Å². The number of nitrogens with one attached hydrogen (secondary N) is 1. The minimum absolute atomic E-state index is 0.0111. The summed E-state index contributed by atoms with van der Waals surface area (Å²) in [5.41, 5.74) is 0.309. The maximum atomic E-state index is 10.0. The third-order valence-corrected chi connectivity index (χ3v) is 5.26. The molecule has 0 aromatic carbocycles. The third-order valence-electron chi connectivity index (χ3n) is 5.26. The number of aliphatic hydroxyl groups is 1. The summed E-state index contributed by atoms with van der Waals surface area (Å²) in [7, 11) is 0. The number of hydrogen-bond donors (Lipinski definition) is 2. The van der Waals surface area contributed by atoms with E-state index >= 15 is 0 Å². The summed E-state index contributed by atoms with van der Waals surface area (Å²) in [5, 5.41) is 13.8. The van der Waals surface area contributed by atoms with Crippen LogP contribution in [0.1, 0.15) is 52.4 Å². The normalized spacial score (nSPS) is 31.5. The number of rotatable bonds is 6. The van der Waals surface area contributed by atoms with Crippen LogP contribution in [0.4, 0.5) is 0 Å². The molecule has 2 N–H and O–H groups in total. The first kappa shape index (κ1) is 12.9. The summed E-state index contributed by atoms with van der Waals surface area (Å²) in [4.78, 5) is 2.61. The van der Waals surface area contributed by atoms with Crippen molar-refractivity contribution in [3.8, 4) is 0 Å². The van der Waals surface area contributed by atoms with E-state index < -0.39 is 0 Å². The largest absolute Gasteiger partial charge is 0.394 e. The van der Waals surface area contributed by atoms with Crippen LogP contribution in [0.2, 0.25) is 0 Å². The Kier molecular flexibility index (Phi) is 3.20. The van der Waals surface area contributed by atoms with E-state index in [1.165, 1.54) is 45.1 Å². The fourth-order valence-corrected chi connectivity index (χ4v) is 3.58. The maximum Gasteiger partial charge on any atom is 0.0628 e. The molecule has 1 atom stereocenters. The van der Waals surface area contributed by atoms with Crippen LogP contribution in [0.5, 0.6) is 0 Å². The Morgan fingerprint density at radius 1 is 1.28 bits per heavy atom. The van der Waals surface area contributed by atoms with Gasteiger partial charge in [-0.3, -0.25) is 4.90 Å². The van der Waals surface area contributed by atoms with E-state index in [9.17, 15) is 5.11 Å². The highest BCUT2D eigenvalue weighted by atomic mass is 16.3. The highest BCUT2D eigenvalue weighted by Crippen LogP contribution is 2.43. The quantitative estimate of drug-likeness (QED) is 0.756. The van der Waals surface area contributed by atoms with Gasteiger partial charge in [-0.2, -0.15) is 0 Å². The lowest BCUT2D eigenvalue weighted by atomic mass is 9.91. The molecule has 3 nitrogen and oxygen atoms in total. The SMILES string of the molecule is CC1(C)CCCN1CC(CO)(NC1CC1)C1CC1. The van der Waals surface area contributed by atoms with Crippen molar-refractivity contribution in [3.63, 3.8) is 0 Å². The predicted molar refractivity (Wildman–Crippen MR) is 73.6 cm³/mol. The second-order valence-electron chi connectivity index (χ2n) is 7.34. The van der Waals surface area contributed by atoms with Crippen molar-refractivity contribution in [1.29, 1.82) is 0 Å². The van der Waals surface area contributed by atoms with Crippen LogP contribution in [0.25, 0.3) is 0 Å². The van der Waals surface area contributed by atoms with Gasteiger partial charge in [-0.05, 0) is 64.8 Å². The standard InChI is InChI=1S/C15H28N2O/c1-14(2)8-3-9-17(14)10-15(11-18,12-4-5-12)16-13-6-7-13/h12-13,16,18H,3-11H2,1-2H3. The summed E-state index contributed by atoms with van der Waals surface area (Å²) in [6.07, 6.45) is 7.81. The minimum atomic E-state index is -0.0111. The van der Waals surface area contributed by atoms with Gasteiger partial charge in [0.1, 0.15) is 0 Å². The molecule has 1 saturated heterocycles. The molecule has 0 aromatic heterocycles. The van der Waals surface area contributed by atoms with Crippen LogP contribution in [0.3, 0.4) is 0 Å². The minimum Gasteiger partial charge on any atom is -0.394 e. The molecule has 3 fully saturated rings. The average molecular weight is 252 g/mol. The third kappa shape index (κ3) is 2.45. The highest BCUT2D eigenvalue weighted by Gasteiger charge is 2.50. The lowest BCUT2D eigenvalue weighted by molar-refractivity contribution is 0.0612. The molecule has 2 saturated carbocycles. The van der Waals surface area contributed by atoms with Crippen LogP contribution in [-0.4, -0.2) is 46.8 Å². The molecular weight excluding hydrogens is 224 g/mol. The molecule has 2 aliphatic carbocycles. The Morgan fingerprint density at radius 3 is 2.44 bits per heavy atom. The first-order valence-corrected chi connectivity index (χ1v) is 7.69. The molecule has 1 heterocycles. The van der Waals surface area contributed by atoms with Crippen molar-refractivity contribution in [3.05, 3.63) is 0 Å². The Morgan fingerprint density at radius 2 is 2.00 bits per heavy atom. The summed E-state index contributed by atoms with van der Waals surface area (Å²) in [5.74, 6) is 0.708. The van der Waals surface area contributed by atoms with Crippen LogP contribution in [-0.2, 0) is 0 Å². The van der Waals surface area contributed by atoms with Gasteiger partial charge >= 0.3 is 0 Å². The van der Waals surface area contributed by atoms with E-state index in [-0.39, 0.29) is 5.54 Å². The van der Waals surface area contributed by atoms with Crippen LogP contribution in [0, 0.1) is 5.92 Å². The van der Waals surface area contributed by atoms with Crippen molar-refractivity contribution in [2.45, 2.75) is 69.5 Å². The summed E-state index contributed by atoms with van der Waals surface area (Å²) >= 11 is 0. The first-order valence-electron chi connectivity index (χ1n) is 7.69. The Bertz CT molecular complexity index is 310. The Hall–Kier alpha value is -0.120. The second kappa shape index (κ2) is 4.46. The lowest BCUT2D eigenvalue weighted by Gasteiger charge is -2.42. The molecular formula is C15H28N2O. The van der Waals surface area contributed by atoms with Crippen molar-refractivity contribution in [1.82, 2.24) is 10.2 Å². The molecule has 3 rings (SSSR count). The van der Waals surface area contributed by atoms with Gasteiger partial charge in [0.25, 0.3) is 0 Å². The van der Waals surface area contributed by atoms with Crippen molar-refractivity contribution in [2.24, 2.45) is 5.92 Å². The predicted octanol–water partition coefficient (Wildman–Crippen LogP) is 1.75. The van der Waals surface area contributed by atoms with Crippen molar-refractivity contribution in [2.75, 3.05) is 19.7 Å². The molecule has 3 aliphatic rings. The molecule has 0 amide bonds. The van der Waals surface area contributed by atoms with Gasteiger partial charge in [-0.15, -0.1) is 0 Å². The summed E-state index contributed by atoms with van der Waals surface area (Å²) < 4.78 is 0. The molecule has 0 aromatic rings. The zero-order chi connectivity index (χ0) is 12.8. The van der Waals surface area contributed by atoms with Gasteiger partial charge in [-0.1, -0.05) is 0 Å². The molecule has 1 unspecified atom stereocenters. The zero-order valence-electron chi connectivity index (χ0n) is 11.9. The average Bonchev–Trinajstić information content (AvgIpc) is 3.20. The molecule has 0 bridgehead atoms. The van der Waals surface area contributed by atoms with E-state index in [0.29, 0.717) is 24.1 Å². The second-order valence-corrected chi connectivity index (χ2v) is 7.34. The Balaban J connectivity index is 1.71. The van der Waals surface area contributed by atoms with Crippen molar-refractivity contribution >= 4 is 0 Å². The van der Waals surface area contributed by atoms with E-state index in [1.807, 2.05) is 0 Å². The number of aliphatic hydroxyl groups excluding tert-OH is 1. The topological polar surface area (TPSA) is 35.5 Å². The van der Waals surface area contributed by atoms with Gasteiger partial charge in [0.2, 0.25) is 0 Å². The van der Waals surface area contributed by atoms with Crippen molar-refractivity contribution < 1.29 is 5.11 Å². The molecule has 3 heteroatoms. The summed E-state index contributed by atoms with van der Waals surface area (Å²) in [6, 6.07) is 0.684.